The van der Waals surface area contributed by atoms with Gasteiger partial charge in [0.05, 0.1) is 4.99 Å². The maximum Gasteiger partial charge on any atom is 0.0746 e. The monoisotopic (exact) mass is 268 g/mol. The zero-order chi connectivity index (χ0) is 12.7. The van der Waals surface area contributed by atoms with E-state index < -0.39 is 0 Å². The molecule has 0 bridgehead atoms. The highest BCUT2D eigenvalue weighted by atomic mass is 32.2. The normalized spacial score (nSPS) is 12.6. The van der Waals surface area contributed by atoms with Crippen LogP contribution in [0.2, 0.25) is 0 Å². The summed E-state index contributed by atoms with van der Waals surface area (Å²) in [5.74, 6) is 1.12. The SMILES string of the molecule is CSCCN(C)C(CC(N)=S)c1ccccc1. The van der Waals surface area contributed by atoms with Crippen LogP contribution in [0.15, 0.2) is 30.3 Å². The minimum atomic E-state index is 0.292. The van der Waals surface area contributed by atoms with Gasteiger partial charge in [-0.2, -0.15) is 11.8 Å². The zero-order valence-corrected chi connectivity index (χ0v) is 12.1. The summed E-state index contributed by atoms with van der Waals surface area (Å²) < 4.78 is 0. The van der Waals surface area contributed by atoms with Crippen molar-refractivity contribution in [2.24, 2.45) is 5.73 Å². The number of thioether (sulfide) groups is 1. The third-order valence-electron chi connectivity index (χ3n) is 2.76. The van der Waals surface area contributed by atoms with Crippen molar-refractivity contribution in [3.63, 3.8) is 0 Å². The maximum atomic E-state index is 5.70. The van der Waals surface area contributed by atoms with Crippen molar-refractivity contribution in [2.45, 2.75) is 12.5 Å². The van der Waals surface area contributed by atoms with E-state index in [1.807, 2.05) is 17.8 Å². The van der Waals surface area contributed by atoms with Crippen LogP contribution in [0.25, 0.3) is 0 Å². The van der Waals surface area contributed by atoms with Gasteiger partial charge in [0.15, 0.2) is 0 Å². The fourth-order valence-corrected chi connectivity index (χ4v) is 2.41. The van der Waals surface area contributed by atoms with Gasteiger partial charge in [0.25, 0.3) is 0 Å². The lowest BCUT2D eigenvalue weighted by atomic mass is 10.0. The van der Waals surface area contributed by atoms with Crippen LogP contribution in [-0.2, 0) is 0 Å². The number of nitrogens with two attached hydrogens (primary N) is 1. The van der Waals surface area contributed by atoms with E-state index in [9.17, 15) is 0 Å². The molecular formula is C13H20N2S2. The first-order valence-corrected chi connectivity index (χ1v) is 7.47. The number of hydrogen-bond donors (Lipinski definition) is 1. The van der Waals surface area contributed by atoms with E-state index in [4.69, 9.17) is 18.0 Å². The van der Waals surface area contributed by atoms with E-state index in [1.165, 1.54) is 5.56 Å². The van der Waals surface area contributed by atoms with Gasteiger partial charge in [0.2, 0.25) is 0 Å². The quantitative estimate of drug-likeness (QED) is 0.770. The van der Waals surface area contributed by atoms with E-state index in [0.717, 1.165) is 18.7 Å². The first kappa shape index (κ1) is 14.5. The summed E-state index contributed by atoms with van der Waals surface area (Å²) in [6.45, 7) is 1.04. The van der Waals surface area contributed by atoms with Crippen LogP contribution < -0.4 is 5.73 Å². The molecule has 0 amide bonds. The Morgan fingerprint density at radius 3 is 2.59 bits per heavy atom. The molecule has 1 aromatic carbocycles. The first-order chi connectivity index (χ1) is 8.15. The second kappa shape index (κ2) is 7.69. The van der Waals surface area contributed by atoms with Crippen LogP contribution in [0.3, 0.4) is 0 Å². The van der Waals surface area contributed by atoms with Gasteiger partial charge in [0.1, 0.15) is 0 Å². The number of rotatable bonds is 7. The first-order valence-electron chi connectivity index (χ1n) is 5.67. The van der Waals surface area contributed by atoms with Gasteiger partial charge in [-0.05, 0) is 18.9 Å². The molecule has 2 nitrogen and oxygen atoms in total. The van der Waals surface area contributed by atoms with Crippen molar-refractivity contribution in [2.75, 3.05) is 25.6 Å². The highest BCUT2D eigenvalue weighted by molar-refractivity contribution is 7.98. The van der Waals surface area contributed by atoms with E-state index in [-0.39, 0.29) is 0 Å². The van der Waals surface area contributed by atoms with E-state index in [1.54, 1.807) is 0 Å². The van der Waals surface area contributed by atoms with Gasteiger partial charge >= 0.3 is 0 Å². The van der Waals surface area contributed by atoms with Crippen LogP contribution in [0.1, 0.15) is 18.0 Å². The Labute approximate surface area is 114 Å². The van der Waals surface area contributed by atoms with Crippen molar-refractivity contribution in [1.29, 1.82) is 0 Å². The Bertz CT molecular complexity index is 341. The second-order valence-electron chi connectivity index (χ2n) is 4.07. The lowest BCUT2D eigenvalue weighted by molar-refractivity contribution is 0.266. The molecule has 1 atom stereocenters. The Kier molecular flexibility index (Phi) is 6.55. The molecule has 0 saturated carbocycles. The molecule has 0 aromatic heterocycles. The molecular weight excluding hydrogens is 248 g/mol. The summed E-state index contributed by atoms with van der Waals surface area (Å²) in [5, 5.41) is 0. The molecule has 0 aliphatic heterocycles. The summed E-state index contributed by atoms with van der Waals surface area (Å²) in [6.07, 6.45) is 2.86. The predicted molar refractivity (Wildman–Crippen MR) is 81.6 cm³/mol. The van der Waals surface area contributed by atoms with Crippen molar-refractivity contribution in [3.05, 3.63) is 35.9 Å². The van der Waals surface area contributed by atoms with E-state index >= 15 is 0 Å². The minimum absolute atomic E-state index is 0.292. The minimum Gasteiger partial charge on any atom is -0.393 e. The fourth-order valence-electron chi connectivity index (χ4n) is 1.79. The van der Waals surface area contributed by atoms with Crippen LogP contribution in [0.4, 0.5) is 0 Å². The summed E-state index contributed by atoms with van der Waals surface area (Å²) >= 11 is 6.91. The lowest BCUT2D eigenvalue weighted by Crippen LogP contribution is -2.30. The molecule has 0 saturated heterocycles. The number of hydrogen-bond acceptors (Lipinski definition) is 3. The molecule has 0 spiro atoms. The van der Waals surface area contributed by atoms with Crippen LogP contribution >= 0.6 is 24.0 Å². The van der Waals surface area contributed by atoms with Crippen LogP contribution in [0.5, 0.6) is 0 Å². The molecule has 0 heterocycles. The Morgan fingerprint density at radius 1 is 1.41 bits per heavy atom. The lowest BCUT2D eigenvalue weighted by Gasteiger charge is -2.28. The van der Waals surface area contributed by atoms with Crippen LogP contribution in [0, 0.1) is 0 Å². The topological polar surface area (TPSA) is 29.3 Å². The average Bonchev–Trinajstić information content (AvgIpc) is 2.34. The molecule has 1 rings (SSSR count). The summed E-state index contributed by atoms with van der Waals surface area (Å²) in [6, 6.07) is 10.7. The Balaban J connectivity index is 2.76. The highest BCUT2D eigenvalue weighted by Gasteiger charge is 2.17. The zero-order valence-electron chi connectivity index (χ0n) is 10.4. The van der Waals surface area contributed by atoms with Crippen molar-refractivity contribution < 1.29 is 0 Å². The number of benzene rings is 1. The standard InChI is InChI=1S/C13H20N2S2/c1-15(8-9-17-2)12(10-13(14)16)11-6-4-3-5-7-11/h3-7,12H,8-10H2,1-2H3,(H2,14,16). The van der Waals surface area contributed by atoms with Gasteiger partial charge < -0.3 is 5.73 Å². The van der Waals surface area contributed by atoms with Crippen molar-refractivity contribution >= 4 is 29.0 Å². The van der Waals surface area contributed by atoms with Crippen LogP contribution in [-0.4, -0.2) is 35.5 Å². The van der Waals surface area contributed by atoms with E-state index in [0.29, 0.717) is 11.0 Å². The molecule has 0 radical (unpaired) electrons. The summed E-state index contributed by atoms with van der Waals surface area (Å²) in [4.78, 5) is 2.90. The number of nitrogens with zero attached hydrogens (tertiary/aromatic N) is 1. The molecule has 1 unspecified atom stereocenters. The fraction of sp³-hybridized carbons (Fsp3) is 0.462. The molecule has 0 aliphatic carbocycles. The van der Waals surface area contributed by atoms with Gasteiger partial charge in [-0.3, -0.25) is 4.90 Å². The molecule has 17 heavy (non-hydrogen) atoms. The maximum absolute atomic E-state index is 5.70. The van der Waals surface area contributed by atoms with Crippen molar-refractivity contribution in [3.8, 4) is 0 Å². The molecule has 2 N–H and O–H groups in total. The second-order valence-corrected chi connectivity index (χ2v) is 5.58. The molecule has 0 aliphatic rings. The summed E-state index contributed by atoms with van der Waals surface area (Å²) in [7, 11) is 2.13. The average molecular weight is 268 g/mol. The van der Waals surface area contributed by atoms with Gasteiger partial charge in [-0.25, -0.2) is 0 Å². The number of thiocarbonyl (C=S) groups is 1. The highest BCUT2D eigenvalue weighted by Crippen LogP contribution is 2.23. The molecule has 1 aromatic rings. The third kappa shape index (κ3) is 5.06. The van der Waals surface area contributed by atoms with Gasteiger partial charge in [-0.15, -0.1) is 0 Å². The van der Waals surface area contributed by atoms with Crippen molar-refractivity contribution in [1.82, 2.24) is 4.90 Å². The Morgan fingerprint density at radius 2 is 2.06 bits per heavy atom. The van der Waals surface area contributed by atoms with Gasteiger partial charge in [0, 0.05) is 24.8 Å². The Hall–Kier alpha value is -0.580. The molecule has 4 heteroatoms. The largest absolute Gasteiger partial charge is 0.393 e. The molecule has 0 fully saturated rings. The predicted octanol–water partition coefficient (Wildman–Crippen LogP) is 2.70. The third-order valence-corrected chi connectivity index (χ3v) is 3.52. The van der Waals surface area contributed by atoms with Gasteiger partial charge in [-0.1, -0.05) is 42.5 Å². The molecule has 94 valence electrons. The summed E-state index contributed by atoms with van der Waals surface area (Å²) in [5.41, 5.74) is 6.98. The van der Waals surface area contributed by atoms with E-state index in [2.05, 4.69) is 42.5 Å². The smallest absolute Gasteiger partial charge is 0.0746 e.